The Kier molecular flexibility index (Phi) is 3.62. The number of carbonyl (C=O) groups is 1. The normalized spacial score (nSPS) is 32.9. The van der Waals surface area contributed by atoms with Gasteiger partial charge < -0.3 is 11.1 Å². The van der Waals surface area contributed by atoms with Crippen molar-refractivity contribution in [1.29, 1.82) is 0 Å². The van der Waals surface area contributed by atoms with Crippen molar-refractivity contribution in [2.75, 3.05) is 0 Å². The molecule has 0 aliphatic heterocycles. The number of nitrogens with two attached hydrogens (primary N) is 1. The number of carbonyl (C=O) groups excluding carboxylic acids is 1. The first kappa shape index (κ1) is 10.9. The lowest BCUT2D eigenvalue weighted by Crippen LogP contribution is -2.37. The number of hydrogen-bond donors (Lipinski definition) is 2. The van der Waals surface area contributed by atoms with Crippen molar-refractivity contribution in [3.8, 4) is 0 Å². The summed E-state index contributed by atoms with van der Waals surface area (Å²) in [4.78, 5) is 11.7. The van der Waals surface area contributed by atoms with Crippen LogP contribution in [0.4, 0.5) is 0 Å². The lowest BCUT2D eigenvalue weighted by atomic mass is 9.96. The molecule has 0 aromatic heterocycles. The Morgan fingerprint density at radius 3 is 2.13 bits per heavy atom. The summed E-state index contributed by atoms with van der Waals surface area (Å²) in [5, 5.41) is 3.16. The van der Waals surface area contributed by atoms with Gasteiger partial charge in [0.2, 0.25) is 5.91 Å². The summed E-state index contributed by atoms with van der Waals surface area (Å²) < 4.78 is 0. The van der Waals surface area contributed by atoms with Crippen LogP contribution in [0.1, 0.15) is 51.4 Å². The summed E-state index contributed by atoms with van der Waals surface area (Å²) in [6, 6.07) is 0.559. The molecule has 15 heavy (non-hydrogen) atoms. The number of amides is 1. The SMILES string of the molecule is NC1CC1C(=O)NC1CCCCCCC1. The average molecular weight is 210 g/mol. The molecule has 1 amide bonds. The Hall–Kier alpha value is -0.570. The van der Waals surface area contributed by atoms with Gasteiger partial charge in [0.05, 0.1) is 5.92 Å². The molecule has 0 bridgehead atoms. The molecule has 0 spiro atoms. The highest BCUT2D eigenvalue weighted by atomic mass is 16.2. The molecule has 2 saturated carbocycles. The summed E-state index contributed by atoms with van der Waals surface area (Å²) >= 11 is 0. The number of rotatable bonds is 2. The van der Waals surface area contributed by atoms with Crippen LogP contribution in [-0.2, 0) is 4.79 Å². The molecule has 3 N–H and O–H groups in total. The third kappa shape index (κ3) is 3.20. The summed E-state index contributed by atoms with van der Waals surface area (Å²) in [5.74, 6) is 0.323. The molecule has 2 fully saturated rings. The Morgan fingerprint density at radius 2 is 1.60 bits per heavy atom. The minimum atomic E-state index is 0.121. The Morgan fingerprint density at radius 1 is 1.07 bits per heavy atom. The summed E-state index contributed by atoms with van der Waals surface area (Å²) in [5.41, 5.74) is 5.67. The minimum absolute atomic E-state index is 0.121. The second kappa shape index (κ2) is 4.97. The van der Waals surface area contributed by atoms with Crippen molar-refractivity contribution < 1.29 is 4.79 Å². The predicted molar refractivity (Wildman–Crippen MR) is 60.3 cm³/mol. The third-order valence-electron chi connectivity index (χ3n) is 3.63. The van der Waals surface area contributed by atoms with Gasteiger partial charge in [-0.2, -0.15) is 0 Å². The summed E-state index contributed by atoms with van der Waals surface area (Å²) in [7, 11) is 0. The molecule has 86 valence electrons. The van der Waals surface area contributed by atoms with Crippen LogP contribution in [-0.4, -0.2) is 18.0 Å². The molecule has 0 radical (unpaired) electrons. The van der Waals surface area contributed by atoms with Crippen LogP contribution in [0.15, 0.2) is 0 Å². The van der Waals surface area contributed by atoms with E-state index in [1.807, 2.05) is 0 Å². The molecular formula is C12H22N2O. The van der Waals surface area contributed by atoms with Crippen LogP contribution in [0.3, 0.4) is 0 Å². The topological polar surface area (TPSA) is 55.1 Å². The molecule has 0 aromatic carbocycles. The Labute approximate surface area is 91.8 Å². The molecule has 2 aliphatic carbocycles. The zero-order valence-corrected chi connectivity index (χ0v) is 9.37. The van der Waals surface area contributed by atoms with Crippen LogP contribution in [0.25, 0.3) is 0 Å². The van der Waals surface area contributed by atoms with E-state index in [1.54, 1.807) is 0 Å². The van der Waals surface area contributed by atoms with E-state index >= 15 is 0 Å². The molecule has 3 heteroatoms. The highest BCUT2D eigenvalue weighted by Crippen LogP contribution is 2.28. The molecule has 0 aromatic rings. The van der Waals surface area contributed by atoms with E-state index in [-0.39, 0.29) is 17.9 Å². The first-order chi connectivity index (χ1) is 7.27. The lowest BCUT2D eigenvalue weighted by Gasteiger charge is -2.21. The van der Waals surface area contributed by atoms with Gasteiger partial charge in [0, 0.05) is 12.1 Å². The van der Waals surface area contributed by atoms with Crippen LogP contribution < -0.4 is 11.1 Å². The van der Waals surface area contributed by atoms with Crippen LogP contribution in [0.5, 0.6) is 0 Å². The predicted octanol–water partition coefficient (Wildman–Crippen LogP) is 1.56. The smallest absolute Gasteiger partial charge is 0.224 e. The minimum Gasteiger partial charge on any atom is -0.353 e. The fraction of sp³-hybridized carbons (Fsp3) is 0.917. The fourth-order valence-corrected chi connectivity index (χ4v) is 2.42. The van der Waals surface area contributed by atoms with Gasteiger partial charge in [-0.3, -0.25) is 4.79 Å². The van der Waals surface area contributed by atoms with Crippen molar-refractivity contribution in [2.24, 2.45) is 11.7 Å². The largest absolute Gasteiger partial charge is 0.353 e. The quantitative estimate of drug-likeness (QED) is 0.726. The van der Waals surface area contributed by atoms with Gasteiger partial charge in [0.15, 0.2) is 0 Å². The van der Waals surface area contributed by atoms with Gasteiger partial charge in [-0.05, 0) is 19.3 Å². The number of hydrogen-bond acceptors (Lipinski definition) is 2. The number of nitrogens with one attached hydrogen (secondary N) is 1. The molecule has 2 rings (SSSR count). The Balaban J connectivity index is 1.74. The van der Waals surface area contributed by atoms with Gasteiger partial charge in [0.25, 0.3) is 0 Å². The van der Waals surface area contributed by atoms with E-state index in [4.69, 9.17) is 5.73 Å². The van der Waals surface area contributed by atoms with Crippen molar-refractivity contribution in [1.82, 2.24) is 5.32 Å². The standard InChI is InChI=1S/C12H22N2O/c13-11-8-10(11)12(15)14-9-6-4-2-1-3-5-7-9/h9-11H,1-8,13H2,(H,14,15). The van der Waals surface area contributed by atoms with E-state index in [0.717, 1.165) is 19.3 Å². The molecule has 2 aliphatic rings. The van der Waals surface area contributed by atoms with Crippen molar-refractivity contribution in [3.63, 3.8) is 0 Å². The average Bonchev–Trinajstić information content (AvgIpc) is 2.87. The molecule has 2 atom stereocenters. The highest BCUT2D eigenvalue weighted by Gasteiger charge is 2.40. The first-order valence-electron chi connectivity index (χ1n) is 6.33. The summed E-state index contributed by atoms with van der Waals surface area (Å²) in [6.07, 6.45) is 9.77. The molecule has 0 saturated heterocycles. The maximum atomic E-state index is 11.7. The third-order valence-corrected chi connectivity index (χ3v) is 3.63. The monoisotopic (exact) mass is 210 g/mol. The molecule has 2 unspecified atom stereocenters. The van der Waals surface area contributed by atoms with Gasteiger partial charge in [-0.25, -0.2) is 0 Å². The van der Waals surface area contributed by atoms with Crippen LogP contribution in [0, 0.1) is 5.92 Å². The van der Waals surface area contributed by atoms with Gasteiger partial charge in [-0.1, -0.05) is 32.1 Å². The van der Waals surface area contributed by atoms with Crippen LogP contribution in [0.2, 0.25) is 0 Å². The first-order valence-corrected chi connectivity index (χ1v) is 6.33. The van der Waals surface area contributed by atoms with Crippen molar-refractivity contribution in [3.05, 3.63) is 0 Å². The van der Waals surface area contributed by atoms with E-state index in [2.05, 4.69) is 5.32 Å². The van der Waals surface area contributed by atoms with E-state index < -0.39 is 0 Å². The van der Waals surface area contributed by atoms with Crippen molar-refractivity contribution in [2.45, 2.75) is 63.5 Å². The van der Waals surface area contributed by atoms with E-state index in [1.165, 1.54) is 32.1 Å². The second-order valence-electron chi connectivity index (χ2n) is 5.06. The lowest BCUT2D eigenvalue weighted by molar-refractivity contribution is -0.123. The second-order valence-corrected chi connectivity index (χ2v) is 5.06. The molecule has 3 nitrogen and oxygen atoms in total. The molecule has 0 heterocycles. The van der Waals surface area contributed by atoms with Crippen molar-refractivity contribution >= 4 is 5.91 Å². The fourth-order valence-electron chi connectivity index (χ4n) is 2.42. The van der Waals surface area contributed by atoms with Gasteiger partial charge >= 0.3 is 0 Å². The van der Waals surface area contributed by atoms with E-state index in [9.17, 15) is 4.79 Å². The van der Waals surface area contributed by atoms with Crippen LogP contribution >= 0.6 is 0 Å². The van der Waals surface area contributed by atoms with Gasteiger partial charge in [0.1, 0.15) is 0 Å². The zero-order valence-electron chi connectivity index (χ0n) is 9.37. The van der Waals surface area contributed by atoms with E-state index in [0.29, 0.717) is 6.04 Å². The zero-order chi connectivity index (χ0) is 10.7. The maximum absolute atomic E-state index is 11.7. The molecular weight excluding hydrogens is 188 g/mol. The Bertz CT molecular complexity index is 222. The maximum Gasteiger partial charge on any atom is 0.224 e. The summed E-state index contributed by atoms with van der Waals surface area (Å²) in [6.45, 7) is 0. The highest BCUT2D eigenvalue weighted by molar-refractivity contribution is 5.82. The van der Waals surface area contributed by atoms with Gasteiger partial charge in [-0.15, -0.1) is 0 Å².